The van der Waals surface area contributed by atoms with E-state index in [0.717, 1.165) is 16.9 Å². The first-order valence-electron chi connectivity index (χ1n) is 5.75. The number of non-ortho nitro benzene ring substituents is 1. The summed E-state index contributed by atoms with van der Waals surface area (Å²) in [7, 11) is 1.62. The van der Waals surface area contributed by atoms with E-state index in [-0.39, 0.29) is 5.69 Å². The molecule has 0 saturated heterocycles. The molecule has 0 heterocycles. The van der Waals surface area contributed by atoms with E-state index in [1.54, 1.807) is 19.2 Å². The molecule has 4 nitrogen and oxygen atoms in total. The summed E-state index contributed by atoms with van der Waals surface area (Å²) >= 11 is 0. The molecule has 0 saturated carbocycles. The molecule has 0 atom stereocenters. The third-order valence-electron chi connectivity index (χ3n) is 2.67. The van der Waals surface area contributed by atoms with E-state index >= 15 is 0 Å². The highest BCUT2D eigenvalue weighted by Gasteiger charge is 2.03. The van der Waals surface area contributed by atoms with E-state index in [1.807, 2.05) is 42.5 Å². The van der Waals surface area contributed by atoms with E-state index in [9.17, 15) is 10.1 Å². The Kier molecular flexibility index (Phi) is 3.93. The summed E-state index contributed by atoms with van der Waals surface area (Å²) in [5, 5.41) is 10.7. The molecule has 0 aliphatic carbocycles. The fourth-order valence-electron chi connectivity index (χ4n) is 1.65. The second-order valence-electron chi connectivity index (χ2n) is 3.96. The zero-order chi connectivity index (χ0) is 13.7. The van der Waals surface area contributed by atoms with Crippen LogP contribution < -0.4 is 4.74 Å². The lowest BCUT2D eigenvalue weighted by molar-refractivity contribution is -0.384. The Balaban J connectivity index is 2.17. The number of rotatable bonds is 4. The van der Waals surface area contributed by atoms with Crippen molar-refractivity contribution in [2.24, 2.45) is 0 Å². The zero-order valence-corrected chi connectivity index (χ0v) is 10.4. The second kappa shape index (κ2) is 5.82. The van der Waals surface area contributed by atoms with Crippen LogP contribution in [0, 0.1) is 10.1 Å². The molecule has 0 spiro atoms. The summed E-state index contributed by atoms with van der Waals surface area (Å²) in [6.07, 6.45) is 3.74. The average molecular weight is 255 g/mol. The molecule has 4 heteroatoms. The molecule has 2 aromatic carbocycles. The minimum absolute atomic E-state index is 0.0943. The van der Waals surface area contributed by atoms with Gasteiger partial charge in [0.25, 0.3) is 5.69 Å². The first-order valence-corrected chi connectivity index (χ1v) is 5.75. The lowest BCUT2D eigenvalue weighted by Gasteiger charge is -1.99. The maximum atomic E-state index is 10.7. The second-order valence-corrected chi connectivity index (χ2v) is 3.96. The maximum Gasteiger partial charge on any atom is 0.270 e. The minimum Gasteiger partial charge on any atom is -0.497 e. The van der Waals surface area contributed by atoms with Gasteiger partial charge in [-0.05, 0) is 23.3 Å². The first-order chi connectivity index (χ1) is 9.19. The van der Waals surface area contributed by atoms with Gasteiger partial charge in [-0.2, -0.15) is 0 Å². The molecule has 2 aromatic rings. The molecule has 0 aliphatic heterocycles. The monoisotopic (exact) mass is 255 g/mol. The number of nitrogens with zero attached hydrogens (tertiary/aromatic N) is 1. The number of hydrogen-bond acceptors (Lipinski definition) is 3. The number of benzene rings is 2. The molecule has 0 aromatic heterocycles. The van der Waals surface area contributed by atoms with Crippen molar-refractivity contribution < 1.29 is 9.66 Å². The van der Waals surface area contributed by atoms with Gasteiger partial charge in [0, 0.05) is 12.1 Å². The number of methoxy groups -OCH3 is 1. The maximum absolute atomic E-state index is 10.7. The van der Waals surface area contributed by atoms with Crippen LogP contribution in [0.15, 0.2) is 48.5 Å². The number of ether oxygens (including phenoxy) is 1. The number of nitro benzene ring substituents is 1. The molecule has 19 heavy (non-hydrogen) atoms. The summed E-state index contributed by atoms with van der Waals surface area (Å²) in [5.74, 6) is 0.799. The molecule has 0 fully saturated rings. The van der Waals surface area contributed by atoms with Crippen LogP contribution in [0.25, 0.3) is 12.2 Å². The van der Waals surface area contributed by atoms with Gasteiger partial charge in [0.2, 0.25) is 0 Å². The third kappa shape index (κ3) is 3.42. The van der Waals surface area contributed by atoms with Gasteiger partial charge >= 0.3 is 0 Å². The van der Waals surface area contributed by atoms with Gasteiger partial charge in [0.1, 0.15) is 5.75 Å². The Labute approximate surface area is 111 Å². The molecule has 2 rings (SSSR count). The molecule has 0 radical (unpaired) electrons. The number of hydrogen-bond donors (Lipinski definition) is 0. The Hall–Kier alpha value is -2.62. The van der Waals surface area contributed by atoms with Gasteiger partial charge in [-0.15, -0.1) is 0 Å². The van der Waals surface area contributed by atoms with Crippen LogP contribution >= 0.6 is 0 Å². The van der Waals surface area contributed by atoms with Crippen molar-refractivity contribution in [1.82, 2.24) is 0 Å². The normalized spacial score (nSPS) is 10.6. The third-order valence-corrected chi connectivity index (χ3v) is 2.67. The van der Waals surface area contributed by atoms with Crippen LogP contribution in [0.1, 0.15) is 11.1 Å². The number of nitro groups is 1. The quantitative estimate of drug-likeness (QED) is 0.474. The predicted molar refractivity (Wildman–Crippen MR) is 75.0 cm³/mol. The summed E-state index contributed by atoms with van der Waals surface area (Å²) in [6, 6.07) is 14.1. The molecule has 0 bridgehead atoms. The van der Waals surface area contributed by atoms with Crippen LogP contribution in [0.3, 0.4) is 0 Å². The first kappa shape index (κ1) is 12.8. The van der Waals surface area contributed by atoms with Crippen LogP contribution in [0.4, 0.5) is 5.69 Å². The highest BCUT2D eigenvalue weighted by molar-refractivity contribution is 5.70. The van der Waals surface area contributed by atoms with Crippen molar-refractivity contribution in [2.45, 2.75) is 0 Å². The van der Waals surface area contributed by atoms with Gasteiger partial charge in [-0.1, -0.05) is 36.4 Å². The van der Waals surface area contributed by atoms with Crippen LogP contribution in [-0.2, 0) is 0 Å². The van der Waals surface area contributed by atoms with Gasteiger partial charge in [-0.3, -0.25) is 10.1 Å². The minimum atomic E-state index is -0.398. The van der Waals surface area contributed by atoms with Crippen molar-refractivity contribution in [3.8, 4) is 5.75 Å². The van der Waals surface area contributed by atoms with Crippen molar-refractivity contribution >= 4 is 17.8 Å². The average Bonchev–Trinajstić information content (AvgIpc) is 2.46. The van der Waals surface area contributed by atoms with Crippen molar-refractivity contribution in [1.29, 1.82) is 0 Å². The summed E-state index contributed by atoms with van der Waals surface area (Å²) in [5.41, 5.74) is 1.90. The van der Waals surface area contributed by atoms with Crippen molar-refractivity contribution in [2.75, 3.05) is 7.11 Å². The Morgan fingerprint density at radius 2 is 1.74 bits per heavy atom. The lowest BCUT2D eigenvalue weighted by Crippen LogP contribution is -1.87. The molecular weight excluding hydrogens is 242 g/mol. The fourth-order valence-corrected chi connectivity index (χ4v) is 1.65. The van der Waals surface area contributed by atoms with Gasteiger partial charge < -0.3 is 4.74 Å². The molecule has 96 valence electrons. The van der Waals surface area contributed by atoms with Gasteiger partial charge in [0.15, 0.2) is 0 Å². The lowest BCUT2D eigenvalue weighted by atomic mass is 10.1. The van der Waals surface area contributed by atoms with Crippen LogP contribution in [0.5, 0.6) is 5.75 Å². The fraction of sp³-hybridized carbons (Fsp3) is 0.0667. The molecule has 0 aliphatic rings. The molecular formula is C15H13NO3. The van der Waals surface area contributed by atoms with E-state index < -0.39 is 4.92 Å². The summed E-state index contributed by atoms with van der Waals surface area (Å²) in [6.45, 7) is 0. The van der Waals surface area contributed by atoms with Gasteiger partial charge in [0.05, 0.1) is 12.0 Å². The topological polar surface area (TPSA) is 52.4 Å². The van der Waals surface area contributed by atoms with E-state index in [4.69, 9.17) is 4.74 Å². The SMILES string of the molecule is COc1ccc(C=Cc2cccc([N+](=O)[O-])c2)cc1. The predicted octanol–water partition coefficient (Wildman–Crippen LogP) is 3.77. The molecule has 0 N–H and O–H groups in total. The Bertz CT molecular complexity index is 603. The summed E-state index contributed by atoms with van der Waals surface area (Å²) in [4.78, 5) is 10.3. The van der Waals surface area contributed by atoms with E-state index in [2.05, 4.69) is 0 Å². The zero-order valence-electron chi connectivity index (χ0n) is 10.4. The largest absolute Gasteiger partial charge is 0.497 e. The van der Waals surface area contributed by atoms with Crippen molar-refractivity contribution in [3.05, 3.63) is 69.8 Å². The summed E-state index contributed by atoms with van der Waals surface area (Å²) < 4.78 is 5.07. The van der Waals surface area contributed by atoms with E-state index in [0.29, 0.717) is 0 Å². The van der Waals surface area contributed by atoms with Crippen LogP contribution in [-0.4, -0.2) is 12.0 Å². The highest BCUT2D eigenvalue weighted by atomic mass is 16.6. The van der Waals surface area contributed by atoms with E-state index in [1.165, 1.54) is 6.07 Å². The van der Waals surface area contributed by atoms with Crippen LogP contribution in [0.2, 0.25) is 0 Å². The Morgan fingerprint density at radius 3 is 2.37 bits per heavy atom. The smallest absolute Gasteiger partial charge is 0.270 e. The molecule has 0 unspecified atom stereocenters. The van der Waals surface area contributed by atoms with Crippen molar-refractivity contribution in [3.63, 3.8) is 0 Å². The highest BCUT2D eigenvalue weighted by Crippen LogP contribution is 2.17. The standard InChI is InChI=1S/C15H13NO3/c1-19-15-9-7-12(8-10-15)5-6-13-3-2-4-14(11-13)16(17)18/h2-11H,1H3. The van der Waals surface area contributed by atoms with Gasteiger partial charge in [-0.25, -0.2) is 0 Å². The Morgan fingerprint density at radius 1 is 1.05 bits per heavy atom. The molecule has 0 amide bonds.